The summed E-state index contributed by atoms with van der Waals surface area (Å²) in [6.07, 6.45) is -0.727. The molecule has 2 aromatic carbocycles. The summed E-state index contributed by atoms with van der Waals surface area (Å²) in [5, 5.41) is 2.46. The molecule has 0 bridgehead atoms. The largest absolute Gasteiger partial charge is 0.490 e. The lowest BCUT2D eigenvalue weighted by atomic mass is 10.1. The first kappa shape index (κ1) is 23.6. The molecule has 34 heavy (non-hydrogen) atoms. The number of rotatable bonds is 7. The Hall–Kier alpha value is -3.60. The van der Waals surface area contributed by atoms with Gasteiger partial charge in [0.25, 0.3) is 5.91 Å². The van der Waals surface area contributed by atoms with E-state index >= 15 is 0 Å². The highest BCUT2D eigenvalue weighted by Gasteiger charge is 2.33. The second kappa shape index (κ2) is 8.98. The normalized spacial score (nSPS) is 15.3. The van der Waals surface area contributed by atoms with Gasteiger partial charge in [0, 0.05) is 23.0 Å². The van der Waals surface area contributed by atoms with E-state index in [-0.39, 0.29) is 28.3 Å². The lowest BCUT2D eigenvalue weighted by Crippen LogP contribution is -2.16. The standard InChI is InChI=1S/C23H20F3N3O4S/c1-34(27,31)19-4-2-3-15(12-19)29-21(30)20-11-14(23(24,25)26)13-28-22(20)33-18-9-7-17(8-10-18)32-16-5-6-16/h2-4,7-13,16,27H,5-6H2,1H3,(H,29,30). The van der Waals surface area contributed by atoms with Crippen LogP contribution in [0.25, 0.3) is 0 Å². The van der Waals surface area contributed by atoms with E-state index in [1.165, 1.54) is 30.5 Å². The zero-order valence-electron chi connectivity index (χ0n) is 17.9. The molecule has 4 rings (SSSR count). The molecule has 1 saturated carbocycles. The maximum absolute atomic E-state index is 13.3. The van der Waals surface area contributed by atoms with Crippen LogP contribution < -0.4 is 14.8 Å². The number of halogens is 3. The van der Waals surface area contributed by atoms with Gasteiger partial charge in [0.15, 0.2) is 0 Å². The van der Waals surface area contributed by atoms with Crippen LogP contribution in [0.15, 0.2) is 65.7 Å². The van der Waals surface area contributed by atoms with E-state index < -0.39 is 32.9 Å². The number of hydrogen-bond acceptors (Lipinski definition) is 6. The maximum Gasteiger partial charge on any atom is 0.417 e. The fraction of sp³-hybridized carbons (Fsp3) is 0.217. The Morgan fingerprint density at radius 1 is 1.12 bits per heavy atom. The van der Waals surface area contributed by atoms with Crippen LogP contribution in [-0.4, -0.2) is 27.5 Å². The third-order valence-corrected chi connectivity index (χ3v) is 5.98. The maximum atomic E-state index is 13.3. The molecule has 11 heteroatoms. The van der Waals surface area contributed by atoms with E-state index in [0.717, 1.165) is 12.8 Å². The van der Waals surface area contributed by atoms with Gasteiger partial charge in [-0.05, 0) is 61.4 Å². The quantitative estimate of drug-likeness (QED) is 0.440. The lowest BCUT2D eigenvalue weighted by molar-refractivity contribution is -0.137. The Kier molecular flexibility index (Phi) is 6.22. The predicted octanol–water partition coefficient (Wildman–Crippen LogP) is 5.72. The van der Waals surface area contributed by atoms with Crippen LogP contribution in [0.2, 0.25) is 0 Å². The van der Waals surface area contributed by atoms with Gasteiger partial charge in [0.2, 0.25) is 5.88 Å². The zero-order valence-corrected chi connectivity index (χ0v) is 18.7. The molecule has 1 atom stereocenters. The average molecular weight is 491 g/mol. The van der Waals surface area contributed by atoms with Gasteiger partial charge in [-0.15, -0.1) is 0 Å². The SMILES string of the molecule is CS(=N)(=O)c1cccc(NC(=O)c2cc(C(F)(F)F)cnc2Oc2ccc(OC3CC3)cc2)c1. The second-order valence-electron chi connectivity index (χ2n) is 7.79. The number of amides is 1. The Balaban J connectivity index is 1.62. The van der Waals surface area contributed by atoms with Gasteiger partial charge in [-0.1, -0.05) is 6.07 Å². The molecular formula is C23H20F3N3O4S. The summed E-state index contributed by atoms with van der Waals surface area (Å²) in [5.74, 6) is -0.342. The molecule has 1 aliphatic rings. The molecule has 0 aliphatic heterocycles. The first-order chi connectivity index (χ1) is 16.0. The number of carbonyl (C=O) groups excluding carboxylic acids is 1. The number of ether oxygens (including phenoxy) is 2. The van der Waals surface area contributed by atoms with Crippen molar-refractivity contribution in [2.24, 2.45) is 0 Å². The molecular weight excluding hydrogens is 471 g/mol. The van der Waals surface area contributed by atoms with Crippen LogP contribution in [-0.2, 0) is 15.9 Å². The number of aromatic nitrogens is 1. The van der Waals surface area contributed by atoms with Crippen molar-refractivity contribution < 1.29 is 31.6 Å². The third kappa shape index (κ3) is 5.84. The van der Waals surface area contributed by atoms with Crippen molar-refractivity contribution in [3.05, 3.63) is 71.9 Å². The molecule has 0 radical (unpaired) electrons. The smallest absolute Gasteiger partial charge is 0.417 e. The second-order valence-corrected chi connectivity index (χ2v) is 9.95. The molecule has 1 fully saturated rings. The molecule has 1 heterocycles. The van der Waals surface area contributed by atoms with Crippen molar-refractivity contribution in [3.63, 3.8) is 0 Å². The van der Waals surface area contributed by atoms with Crippen molar-refractivity contribution in [1.82, 2.24) is 4.98 Å². The third-order valence-electron chi connectivity index (χ3n) is 4.83. The summed E-state index contributed by atoms with van der Waals surface area (Å²) >= 11 is 0. The fourth-order valence-electron chi connectivity index (χ4n) is 2.94. The van der Waals surface area contributed by atoms with Crippen molar-refractivity contribution in [2.75, 3.05) is 11.6 Å². The van der Waals surface area contributed by atoms with Gasteiger partial charge in [-0.3, -0.25) is 4.79 Å². The van der Waals surface area contributed by atoms with Crippen LogP contribution in [0.5, 0.6) is 17.4 Å². The number of nitrogens with zero attached hydrogens (tertiary/aromatic N) is 1. The fourth-order valence-corrected chi connectivity index (χ4v) is 3.63. The molecule has 2 N–H and O–H groups in total. The highest BCUT2D eigenvalue weighted by atomic mass is 32.2. The number of hydrogen-bond donors (Lipinski definition) is 2. The summed E-state index contributed by atoms with van der Waals surface area (Å²) in [4.78, 5) is 16.8. The van der Waals surface area contributed by atoms with Crippen molar-refractivity contribution >= 4 is 21.3 Å². The predicted molar refractivity (Wildman–Crippen MR) is 119 cm³/mol. The first-order valence-electron chi connectivity index (χ1n) is 10.2. The molecule has 1 aliphatic carbocycles. The Morgan fingerprint density at radius 2 is 1.79 bits per heavy atom. The molecule has 7 nitrogen and oxygen atoms in total. The van der Waals surface area contributed by atoms with Gasteiger partial charge in [0.1, 0.15) is 17.1 Å². The molecule has 1 aromatic heterocycles. The first-order valence-corrected chi connectivity index (χ1v) is 12.1. The Bertz CT molecular complexity index is 1320. The number of carbonyl (C=O) groups is 1. The number of anilines is 1. The van der Waals surface area contributed by atoms with Crippen LogP contribution >= 0.6 is 0 Å². The van der Waals surface area contributed by atoms with E-state index in [9.17, 15) is 22.2 Å². The van der Waals surface area contributed by atoms with E-state index in [4.69, 9.17) is 14.3 Å². The van der Waals surface area contributed by atoms with Crippen molar-refractivity contribution in [1.29, 1.82) is 4.78 Å². The highest BCUT2D eigenvalue weighted by Crippen LogP contribution is 2.34. The van der Waals surface area contributed by atoms with Gasteiger partial charge >= 0.3 is 6.18 Å². The van der Waals surface area contributed by atoms with Crippen LogP contribution in [0.1, 0.15) is 28.8 Å². The van der Waals surface area contributed by atoms with Crippen LogP contribution in [0, 0.1) is 4.78 Å². The van der Waals surface area contributed by atoms with Gasteiger partial charge in [0.05, 0.1) is 21.4 Å². The number of alkyl halides is 3. The van der Waals surface area contributed by atoms with Crippen molar-refractivity contribution in [3.8, 4) is 17.4 Å². The highest BCUT2D eigenvalue weighted by molar-refractivity contribution is 7.91. The monoisotopic (exact) mass is 491 g/mol. The minimum Gasteiger partial charge on any atom is -0.490 e. The molecule has 178 valence electrons. The van der Waals surface area contributed by atoms with Gasteiger partial charge in [-0.2, -0.15) is 13.2 Å². The van der Waals surface area contributed by atoms with E-state index in [2.05, 4.69) is 10.3 Å². The number of pyridine rings is 1. The van der Waals surface area contributed by atoms with E-state index in [0.29, 0.717) is 18.0 Å². The molecule has 0 saturated heterocycles. The Labute approximate surface area is 193 Å². The zero-order chi connectivity index (χ0) is 24.5. The van der Waals surface area contributed by atoms with Crippen molar-refractivity contribution in [2.45, 2.75) is 30.0 Å². The summed E-state index contributed by atoms with van der Waals surface area (Å²) in [6.45, 7) is 0. The topological polar surface area (TPSA) is 101 Å². The summed E-state index contributed by atoms with van der Waals surface area (Å²) in [6, 6.07) is 12.8. The van der Waals surface area contributed by atoms with E-state index in [1.54, 1.807) is 24.3 Å². The molecule has 3 aromatic rings. The lowest BCUT2D eigenvalue weighted by Gasteiger charge is -2.14. The molecule has 0 spiro atoms. The minimum absolute atomic E-state index is 0.161. The average Bonchev–Trinajstić information content (AvgIpc) is 3.58. The molecule has 1 unspecified atom stereocenters. The summed E-state index contributed by atoms with van der Waals surface area (Å²) in [5.41, 5.74) is -1.40. The van der Waals surface area contributed by atoms with Gasteiger partial charge in [-0.25, -0.2) is 14.0 Å². The van der Waals surface area contributed by atoms with E-state index in [1.807, 2.05) is 0 Å². The van der Waals surface area contributed by atoms with Crippen LogP contribution in [0.3, 0.4) is 0 Å². The Morgan fingerprint density at radius 3 is 2.41 bits per heavy atom. The number of nitrogens with one attached hydrogen (secondary N) is 2. The van der Waals surface area contributed by atoms with Gasteiger partial charge < -0.3 is 14.8 Å². The summed E-state index contributed by atoms with van der Waals surface area (Å²) in [7, 11) is -3.06. The van der Waals surface area contributed by atoms with Crippen LogP contribution in [0.4, 0.5) is 18.9 Å². The number of benzene rings is 2. The molecule has 1 amide bonds. The minimum atomic E-state index is -4.72. The summed E-state index contributed by atoms with van der Waals surface area (Å²) < 4.78 is 70.8.